The molecule has 1 aromatic carbocycles. The molecule has 2 rings (SSSR count). The lowest BCUT2D eigenvalue weighted by Crippen LogP contribution is -2.02. The van der Waals surface area contributed by atoms with Crippen LogP contribution in [0.15, 0.2) is 27.6 Å². The molecule has 114 valence electrons. The summed E-state index contributed by atoms with van der Waals surface area (Å²) in [6.45, 7) is 5.09. The minimum absolute atomic E-state index is 0.712. The number of anilines is 1. The van der Waals surface area contributed by atoms with E-state index in [1.807, 2.05) is 18.2 Å². The fourth-order valence-corrected chi connectivity index (χ4v) is 4.03. The summed E-state index contributed by atoms with van der Waals surface area (Å²) in [4.78, 5) is 1.08. The van der Waals surface area contributed by atoms with Crippen LogP contribution < -0.4 is 10.5 Å². The third kappa shape index (κ3) is 3.55. The van der Waals surface area contributed by atoms with E-state index >= 15 is 0 Å². The SMILES string of the molecule is CCc1nn(CC)c(CSc2ccc(N)cc2OC)c1Br. The third-order valence-corrected chi connectivity index (χ3v) is 5.23. The van der Waals surface area contributed by atoms with Crippen molar-refractivity contribution in [2.24, 2.45) is 0 Å². The summed E-state index contributed by atoms with van der Waals surface area (Å²) < 4.78 is 8.57. The van der Waals surface area contributed by atoms with Crippen molar-refractivity contribution < 1.29 is 4.74 Å². The molecular formula is C15H20BrN3OS. The highest BCUT2D eigenvalue weighted by Crippen LogP contribution is 2.35. The number of nitrogens with zero attached hydrogens (tertiary/aromatic N) is 2. The van der Waals surface area contributed by atoms with E-state index in [-0.39, 0.29) is 0 Å². The molecule has 0 aliphatic rings. The molecule has 0 unspecified atom stereocenters. The second-order valence-corrected chi connectivity index (χ2v) is 6.39. The molecule has 0 saturated heterocycles. The van der Waals surface area contributed by atoms with Crippen molar-refractivity contribution in [1.82, 2.24) is 9.78 Å². The maximum Gasteiger partial charge on any atom is 0.134 e. The molecule has 0 radical (unpaired) electrons. The van der Waals surface area contributed by atoms with E-state index in [0.29, 0.717) is 5.69 Å². The van der Waals surface area contributed by atoms with Gasteiger partial charge in [0, 0.05) is 28.9 Å². The number of nitrogen functional groups attached to an aromatic ring is 1. The second-order valence-electron chi connectivity index (χ2n) is 4.58. The number of nitrogens with two attached hydrogens (primary N) is 1. The van der Waals surface area contributed by atoms with Crippen molar-refractivity contribution in [3.8, 4) is 5.75 Å². The first-order valence-corrected chi connectivity index (χ1v) is 8.68. The number of aryl methyl sites for hydroxylation is 2. The number of benzene rings is 1. The number of rotatable bonds is 6. The Morgan fingerprint density at radius 2 is 2.14 bits per heavy atom. The van der Waals surface area contributed by atoms with Crippen LogP contribution in [0.4, 0.5) is 5.69 Å². The summed E-state index contributed by atoms with van der Waals surface area (Å²) in [7, 11) is 1.67. The van der Waals surface area contributed by atoms with E-state index < -0.39 is 0 Å². The van der Waals surface area contributed by atoms with Crippen molar-refractivity contribution >= 4 is 33.4 Å². The number of aromatic nitrogens is 2. The molecule has 0 atom stereocenters. The van der Waals surface area contributed by atoms with E-state index in [2.05, 4.69) is 39.6 Å². The van der Waals surface area contributed by atoms with Gasteiger partial charge in [0.05, 0.1) is 23.0 Å². The quantitative estimate of drug-likeness (QED) is 0.614. The van der Waals surface area contributed by atoms with Gasteiger partial charge >= 0.3 is 0 Å². The number of methoxy groups -OCH3 is 1. The summed E-state index contributed by atoms with van der Waals surface area (Å²) in [5.74, 6) is 1.65. The highest BCUT2D eigenvalue weighted by atomic mass is 79.9. The van der Waals surface area contributed by atoms with Gasteiger partial charge in [-0.15, -0.1) is 11.8 Å². The standard InChI is InChI=1S/C15H20BrN3OS/c1-4-11-15(16)12(19(5-2)18-11)9-21-14-7-6-10(17)8-13(14)20-3/h6-8H,4-5,9,17H2,1-3H3. The van der Waals surface area contributed by atoms with Crippen molar-refractivity contribution in [1.29, 1.82) is 0 Å². The number of halogens is 1. The molecule has 0 saturated carbocycles. The Kier molecular flexibility index (Phi) is 5.58. The first-order chi connectivity index (χ1) is 10.1. The molecule has 21 heavy (non-hydrogen) atoms. The van der Waals surface area contributed by atoms with E-state index in [4.69, 9.17) is 10.5 Å². The number of hydrogen-bond donors (Lipinski definition) is 1. The fraction of sp³-hybridized carbons (Fsp3) is 0.400. The van der Waals surface area contributed by atoms with Gasteiger partial charge in [0.25, 0.3) is 0 Å². The lowest BCUT2D eigenvalue weighted by atomic mass is 10.3. The van der Waals surface area contributed by atoms with E-state index in [9.17, 15) is 0 Å². The van der Waals surface area contributed by atoms with Crippen molar-refractivity contribution in [3.05, 3.63) is 34.1 Å². The van der Waals surface area contributed by atoms with Crippen molar-refractivity contribution in [2.45, 2.75) is 37.5 Å². The summed E-state index contributed by atoms with van der Waals surface area (Å²) in [6, 6.07) is 5.75. The minimum atomic E-state index is 0.712. The predicted octanol–water partition coefficient (Wildman–Crippen LogP) is 4.11. The second kappa shape index (κ2) is 7.22. The molecule has 1 aromatic heterocycles. The summed E-state index contributed by atoms with van der Waals surface area (Å²) in [5.41, 5.74) is 8.82. The van der Waals surface area contributed by atoms with Gasteiger partial charge in [-0.1, -0.05) is 6.92 Å². The summed E-state index contributed by atoms with van der Waals surface area (Å²) in [5, 5.41) is 4.62. The van der Waals surface area contributed by atoms with Crippen LogP contribution >= 0.6 is 27.7 Å². The lowest BCUT2D eigenvalue weighted by molar-refractivity contribution is 0.405. The molecule has 0 aliphatic heterocycles. The zero-order valence-electron chi connectivity index (χ0n) is 12.5. The molecule has 4 nitrogen and oxygen atoms in total. The number of ether oxygens (including phenoxy) is 1. The summed E-state index contributed by atoms with van der Waals surface area (Å²) in [6.07, 6.45) is 0.927. The maximum absolute atomic E-state index is 5.79. The van der Waals surface area contributed by atoms with Crippen LogP contribution in [0, 0.1) is 0 Å². The molecule has 0 spiro atoms. The number of thioether (sulfide) groups is 1. The van der Waals surface area contributed by atoms with Crippen LogP contribution in [0.2, 0.25) is 0 Å². The first kappa shape index (κ1) is 16.2. The highest BCUT2D eigenvalue weighted by molar-refractivity contribution is 9.10. The van der Waals surface area contributed by atoms with Gasteiger partial charge in [-0.3, -0.25) is 4.68 Å². The average Bonchev–Trinajstić information content (AvgIpc) is 2.81. The van der Waals surface area contributed by atoms with Gasteiger partial charge in [-0.2, -0.15) is 5.10 Å². The Morgan fingerprint density at radius 1 is 1.38 bits per heavy atom. The fourth-order valence-electron chi connectivity index (χ4n) is 2.10. The van der Waals surface area contributed by atoms with Gasteiger partial charge in [-0.05, 0) is 41.4 Å². The van der Waals surface area contributed by atoms with Crippen LogP contribution in [0.25, 0.3) is 0 Å². The third-order valence-electron chi connectivity index (χ3n) is 3.25. The highest BCUT2D eigenvalue weighted by Gasteiger charge is 2.15. The zero-order valence-corrected chi connectivity index (χ0v) is 14.9. The molecular weight excluding hydrogens is 350 g/mol. The Balaban J connectivity index is 2.22. The van der Waals surface area contributed by atoms with Crippen LogP contribution in [0.1, 0.15) is 25.2 Å². The summed E-state index contributed by atoms with van der Waals surface area (Å²) >= 11 is 5.41. The van der Waals surface area contributed by atoms with Crippen LogP contribution in [-0.2, 0) is 18.7 Å². The normalized spacial score (nSPS) is 10.9. The van der Waals surface area contributed by atoms with Crippen LogP contribution in [0.5, 0.6) is 5.75 Å². The Bertz CT molecular complexity index is 628. The van der Waals surface area contributed by atoms with Gasteiger partial charge in [0.1, 0.15) is 5.75 Å². The van der Waals surface area contributed by atoms with E-state index in [0.717, 1.165) is 39.5 Å². The maximum atomic E-state index is 5.79. The molecule has 0 bridgehead atoms. The Labute approximate surface area is 138 Å². The molecule has 0 amide bonds. The largest absolute Gasteiger partial charge is 0.496 e. The van der Waals surface area contributed by atoms with Crippen molar-refractivity contribution in [3.63, 3.8) is 0 Å². The average molecular weight is 370 g/mol. The van der Waals surface area contributed by atoms with Crippen molar-refractivity contribution in [2.75, 3.05) is 12.8 Å². The molecule has 6 heteroatoms. The monoisotopic (exact) mass is 369 g/mol. The minimum Gasteiger partial charge on any atom is -0.496 e. The Morgan fingerprint density at radius 3 is 2.76 bits per heavy atom. The van der Waals surface area contributed by atoms with Crippen LogP contribution in [0.3, 0.4) is 0 Å². The first-order valence-electron chi connectivity index (χ1n) is 6.91. The lowest BCUT2D eigenvalue weighted by Gasteiger charge is -2.10. The van der Waals surface area contributed by atoms with Gasteiger partial charge < -0.3 is 10.5 Å². The van der Waals surface area contributed by atoms with Gasteiger partial charge in [0.15, 0.2) is 0 Å². The molecule has 0 aliphatic carbocycles. The Hall–Kier alpha value is -1.14. The predicted molar refractivity (Wildman–Crippen MR) is 91.9 cm³/mol. The molecule has 0 fully saturated rings. The van der Waals surface area contributed by atoms with Gasteiger partial charge in [0.2, 0.25) is 0 Å². The number of hydrogen-bond acceptors (Lipinski definition) is 4. The smallest absolute Gasteiger partial charge is 0.134 e. The van der Waals surface area contributed by atoms with E-state index in [1.165, 1.54) is 5.69 Å². The topological polar surface area (TPSA) is 53.1 Å². The molecule has 1 heterocycles. The van der Waals surface area contributed by atoms with Crippen LogP contribution in [-0.4, -0.2) is 16.9 Å². The van der Waals surface area contributed by atoms with E-state index in [1.54, 1.807) is 18.9 Å². The zero-order chi connectivity index (χ0) is 15.4. The molecule has 2 N–H and O–H groups in total. The molecule has 2 aromatic rings. The van der Waals surface area contributed by atoms with Gasteiger partial charge in [-0.25, -0.2) is 0 Å².